The van der Waals surface area contributed by atoms with Crippen molar-refractivity contribution in [2.45, 2.75) is 51.8 Å². The van der Waals surface area contributed by atoms with Crippen molar-refractivity contribution in [1.82, 2.24) is 10.3 Å². The topological polar surface area (TPSA) is 68.3 Å². The first-order valence-corrected chi connectivity index (χ1v) is 14.3. The molecule has 1 aromatic heterocycles. The fourth-order valence-corrected chi connectivity index (χ4v) is 5.19. The number of amides is 1. The summed E-state index contributed by atoms with van der Waals surface area (Å²) in [5, 5.41) is 3.32. The van der Waals surface area contributed by atoms with Crippen molar-refractivity contribution < 1.29 is 31.9 Å². The summed E-state index contributed by atoms with van der Waals surface area (Å²) in [5.74, 6) is -6.12. The van der Waals surface area contributed by atoms with Gasteiger partial charge in [-0.25, -0.2) is 22.5 Å². The van der Waals surface area contributed by atoms with Gasteiger partial charge < -0.3 is 10.1 Å². The van der Waals surface area contributed by atoms with Gasteiger partial charge in [-0.2, -0.15) is 0 Å². The van der Waals surface area contributed by atoms with Crippen LogP contribution in [-0.4, -0.2) is 29.8 Å². The zero-order valence-electron chi connectivity index (χ0n) is 23.0. The van der Waals surface area contributed by atoms with E-state index in [4.69, 9.17) is 9.72 Å². The number of nitrogens with one attached hydrogen (secondary N) is 1. The van der Waals surface area contributed by atoms with Crippen LogP contribution in [0.1, 0.15) is 60.0 Å². The molecule has 0 saturated carbocycles. The Bertz CT molecular complexity index is 1600. The summed E-state index contributed by atoms with van der Waals surface area (Å²) in [6.07, 6.45) is -1.82. The van der Waals surface area contributed by atoms with Crippen molar-refractivity contribution in [1.29, 1.82) is 0 Å². The Kier molecular flexibility index (Phi) is 10.3. The summed E-state index contributed by atoms with van der Waals surface area (Å²) in [6, 6.07) is 15.9. The lowest BCUT2D eigenvalue weighted by Crippen LogP contribution is -2.30. The third-order valence-corrected chi connectivity index (χ3v) is 7.40. The van der Waals surface area contributed by atoms with E-state index in [0.29, 0.717) is 40.2 Å². The molecule has 0 aliphatic heterocycles. The quantitative estimate of drug-likeness (QED) is 0.101. The molecule has 3 aromatic carbocycles. The van der Waals surface area contributed by atoms with Gasteiger partial charge in [-0.3, -0.25) is 9.59 Å². The Labute approximate surface area is 249 Å². The van der Waals surface area contributed by atoms with Gasteiger partial charge in [0.1, 0.15) is 5.82 Å². The van der Waals surface area contributed by atoms with Crippen LogP contribution < -0.4 is 5.32 Å². The van der Waals surface area contributed by atoms with Gasteiger partial charge in [0.05, 0.1) is 16.8 Å². The molecule has 2 unspecified atom stereocenters. The van der Waals surface area contributed by atoms with E-state index >= 15 is 0 Å². The number of esters is 1. The highest BCUT2D eigenvalue weighted by atomic mass is 79.9. The predicted octanol–water partition coefficient (Wildman–Crippen LogP) is 8.32. The minimum Gasteiger partial charge on any atom is -0.431 e. The second-order valence-corrected chi connectivity index (χ2v) is 10.8. The number of alkyl halides is 1. The molecule has 42 heavy (non-hydrogen) atoms. The lowest BCUT2D eigenvalue weighted by atomic mass is 9.92. The number of fused-ring (bicyclic) bond motifs is 1. The number of halogens is 5. The van der Waals surface area contributed by atoms with Crippen molar-refractivity contribution in [2.75, 3.05) is 6.54 Å². The molecule has 0 saturated heterocycles. The molecule has 10 heteroatoms. The minimum absolute atomic E-state index is 0.0231. The van der Waals surface area contributed by atoms with Crippen LogP contribution in [0.25, 0.3) is 22.2 Å². The predicted molar refractivity (Wildman–Crippen MR) is 156 cm³/mol. The second-order valence-electron chi connectivity index (χ2n) is 9.91. The second kappa shape index (κ2) is 13.9. The SMILES string of the molecule is CCCC(F)OC(=O)CCC(CNC(=O)c1c(C)c(-c2ccccc2)nc2ccc(Br)cc12)c1cc(F)cc(F)c1F. The van der Waals surface area contributed by atoms with Gasteiger partial charge in [-0.05, 0) is 55.2 Å². The third kappa shape index (κ3) is 7.34. The van der Waals surface area contributed by atoms with E-state index in [0.717, 1.165) is 16.1 Å². The largest absolute Gasteiger partial charge is 0.431 e. The van der Waals surface area contributed by atoms with Crippen molar-refractivity contribution >= 4 is 38.7 Å². The summed E-state index contributed by atoms with van der Waals surface area (Å²) in [5.41, 5.74) is 2.53. The number of aromatic nitrogens is 1. The average molecular weight is 645 g/mol. The van der Waals surface area contributed by atoms with Gasteiger partial charge in [-0.15, -0.1) is 0 Å². The lowest BCUT2D eigenvalue weighted by molar-refractivity contribution is -0.158. The van der Waals surface area contributed by atoms with Crippen LogP contribution in [0.3, 0.4) is 0 Å². The normalized spacial score (nSPS) is 12.6. The molecular weight excluding hydrogens is 616 g/mol. The number of carbonyl (C=O) groups is 2. The van der Waals surface area contributed by atoms with Crippen molar-refractivity contribution in [3.8, 4) is 11.3 Å². The van der Waals surface area contributed by atoms with E-state index in [1.165, 1.54) is 0 Å². The maximum atomic E-state index is 14.8. The monoisotopic (exact) mass is 644 g/mol. The molecule has 0 radical (unpaired) electrons. The first-order chi connectivity index (χ1) is 20.1. The maximum absolute atomic E-state index is 14.8. The first kappa shape index (κ1) is 31.2. The van der Waals surface area contributed by atoms with Gasteiger partial charge >= 0.3 is 5.97 Å². The smallest absolute Gasteiger partial charge is 0.308 e. The molecule has 0 bridgehead atoms. The molecule has 4 aromatic rings. The van der Waals surface area contributed by atoms with E-state index < -0.39 is 41.6 Å². The van der Waals surface area contributed by atoms with Gasteiger partial charge in [0.2, 0.25) is 6.36 Å². The number of rotatable bonds is 11. The summed E-state index contributed by atoms with van der Waals surface area (Å²) >= 11 is 3.44. The average Bonchev–Trinajstić information content (AvgIpc) is 2.95. The minimum atomic E-state index is -1.79. The zero-order chi connectivity index (χ0) is 30.4. The van der Waals surface area contributed by atoms with Crippen molar-refractivity contribution in [3.63, 3.8) is 0 Å². The molecule has 0 fully saturated rings. The summed E-state index contributed by atoms with van der Waals surface area (Å²) in [7, 11) is 0. The molecule has 0 aliphatic rings. The molecule has 4 rings (SSSR count). The zero-order valence-corrected chi connectivity index (χ0v) is 24.6. The van der Waals surface area contributed by atoms with Gasteiger partial charge in [0.25, 0.3) is 5.91 Å². The fraction of sp³-hybridized carbons (Fsp3) is 0.281. The summed E-state index contributed by atoms with van der Waals surface area (Å²) in [4.78, 5) is 30.8. The number of ether oxygens (including phenoxy) is 1. The molecule has 5 nitrogen and oxygen atoms in total. The Morgan fingerprint density at radius 1 is 1.02 bits per heavy atom. The number of pyridine rings is 1. The fourth-order valence-electron chi connectivity index (χ4n) is 4.82. The van der Waals surface area contributed by atoms with E-state index in [1.54, 1.807) is 32.0 Å². The molecule has 1 heterocycles. The Balaban J connectivity index is 1.66. The Morgan fingerprint density at radius 2 is 1.76 bits per heavy atom. The highest BCUT2D eigenvalue weighted by molar-refractivity contribution is 9.10. The number of hydrogen-bond acceptors (Lipinski definition) is 4. The molecule has 1 N–H and O–H groups in total. The van der Waals surface area contributed by atoms with E-state index in [-0.39, 0.29) is 31.4 Å². The molecule has 0 spiro atoms. The highest BCUT2D eigenvalue weighted by Crippen LogP contribution is 2.32. The van der Waals surface area contributed by atoms with Crippen LogP contribution in [0.15, 0.2) is 65.1 Å². The lowest BCUT2D eigenvalue weighted by Gasteiger charge is -2.21. The van der Waals surface area contributed by atoms with Crippen LogP contribution >= 0.6 is 15.9 Å². The van der Waals surface area contributed by atoms with Crippen LogP contribution in [0, 0.1) is 24.4 Å². The summed E-state index contributed by atoms with van der Waals surface area (Å²) in [6.45, 7) is 3.23. The van der Waals surface area contributed by atoms with Crippen LogP contribution in [0.5, 0.6) is 0 Å². The van der Waals surface area contributed by atoms with Crippen LogP contribution in [-0.2, 0) is 9.53 Å². The van der Waals surface area contributed by atoms with Crippen molar-refractivity contribution in [2.24, 2.45) is 0 Å². The molecule has 2 atom stereocenters. The Morgan fingerprint density at radius 3 is 2.48 bits per heavy atom. The molecule has 220 valence electrons. The standard InChI is InChI=1S/C32H29BrF4N2O3/c1-3-7-27(36)42-28(40)13-10-20(23-15-22(34)16-25(35)30(23)37)17-38-32(41)29-18(2)31(19-8-5-4-6-9-19)39-26-12-11-21(33)14-24(26)29/h4-6,8-9,11-12,14-16,20,27H,3,7,10,13,17H2,1-2H3,(H,38,41). The highest BCUT2D eigenvalue weighted by Gasteiger charge is 2.25. The van der Waals surface area contributed by atoms with Crippen LogP contribution in [0.2, 0.25) is 0 Å². The third-order valence-electron chi connectivity index (χ3n) is 6.91. The van der Waals surface area contributed by atoms with Gasteiger partial charge in [-0.1, -0.05) is 53.2 Å². The van der Waals surface area contributed by atoms with E-state index in [1.807, 2.05) is 30.3 Å². The first-order valence-electron chi connectivity index (χ1n) is 13.5. The number of carbonyl (C=O) groups excluding carboxylic acids is 2. The van der Waals surface area contributed by atoms with Crippen LogP contribution in [0.4, 0.5) is 17.6 Å². The number of nitrogens with zero attached hydrogens (tertiary/aromatic N) is 1. The van der Waals surface area contributed by atoms with Gasteiger partial charge in [0.15, 0.2) is 11.6 Å². The molecule has 1 amide bonds. The molecular formula is C32H29BrF4N2O3. The van der Waals surface area contributed by atoms with Crippen molar-refractivity contribution in [3.05, 3.63) is 99.3 Å². The van der Waals surface area contributed by atoms with E-state index in [9.17, 15) is 27.2 Å². The van der Waals surface area contributed by atoms with E-state index in [2.05, 4.69) is 21.2 Å². The maximum Gasteiger partial charge on any atom is 0.308 e. The number of hydrogen-bond donors (Lipinski definition) is 1. The Hall–Kier alpha value is -3.79. The number of benzene rings is 3. The van der Waals surface area contributed by atoms with Gasteiger partial charge in [0, 0.05) is 46.8 Å². The summed E-state index contributed by atoms with van der Waals surface area (Å²) < 4.78 is 62.3. The molecule has 0 aliphatic carbocycles.